The third kappa shape index (κ3) is 10.0. The lowest BCUT2D eigenvalue weighted by atomic mass is 10.1. The average molecular weight is 607 g/mol. The highest BCUT2D eigenvalue weighted by molar-refractivity contribution is 9.10. The highest BCUT2D eigenvalue weighted by Crippen LogP contribution is 2.40. The normalized spacial score (nSPS) is 10.6. The zero-order valence-electron chi connectivity index (χ0n) is 20.5. The van der Waals surface area contributed by atoms with Crippen LogP contribution in [0.3, 0.4) is 0 Å². The number of rotatable bonds is 14. The van der Waals surface area contributed by atoms with E-state index in [1.807, 2.05) is 0 Å². The molecule has 0 heterocycles. The van der Waals surface area contributed by atoms with E-state index in [9.17, 15) is 34.6 Å². The summed E-state index contributed by atoms with van der Waals surface area (Å²) in [7, 11) is 0. The van der Waals surface area contributed by atoms with Crippen molar-refractivity contribution in [2.24, 2.45) is 10.2 Å². The molecular formula is C23H23BrN6O9. The number of azo groups is 1. The highest BCUT2D eigenvalue weighted by Gasteiger charge is 2.23. The van der Waals surface area contributed by atoms with Crippen molar-refractivity contribution in [3.8, 4) is 0 Å². The van der Waals surface area contributed by atoms with Crippen LogP contribution in [-0.2, 0) is 30.3 Å². The molecule has 0 saturated carbocycles. The van der Waals surface area contributed by atoms with Crippen LogP contribution in [0.5, 0.6) is 0 Å². The van der Waals surface area contributed by atoms with Gasteiger partial charge < -0.3 is 20.1 Å². The first-order chi connectivity index (χ1) is 18.5. The molecule has 2 N–H and O–H groups in total. The van der Waals surface area contributed by atoms with E-state index < -0.39 is 39.8 Å². The van der Waals surface area contributed by atoms with Crippen LogP contribution < -0.4 is 10.6 Å². The number of ether oxygens (including phenoxy) is 2. The van der Waals surface area contributed by atoms with Gasteiger partial charge in [-0.2, -0.15) is 0 Å². The first-order valence-corrected chi connectivity index (χ1v) is 11.9. The Morgan fingerprint density at radius 1 is 1.08 bits per heavy atom. The number of amides is 1. The van der Waals surface area contributed by atoms with E-state index >= 15 is 0 Å². The quantitative estimate of drug-likeness (QED) is 0.0774. The molecule has 0 spiro atoms. The summed E-state index contributed by atoms with van der Waals surface area (Å²) in [5, 5.41) is 36.1. The van der Waals surface area contributed by atoms with Crippen LogP contribution in [0.25, 0.3) is 0 Å². The molecule has 16 heteroatoms. The van der Waals surface area contributed by atoms with Gasteiger partial charge in [0.1, 0.15) is 5.69 Å². The maximum absolute atomic E-state index is 11.7. The Hall–Kier alpha value is -4.57. The van der Waals surface area contributed by atoms with E-state index in [0.717, 1.165) is 24.0 Å². The smallest absolute Gasteiger partial charge is 0.349 e. The largest absolute Gasteiger partial charge is 0.454 e. The van der Waals surface area contributed by atoms with Crippen molar-refractivity contribution in [3.05, 3.63) is 73.4 Å². The van der Waals surface area contributed by atoms with Crippen LogP contribution in [0.2, 0.25) is 0 Å². The number of halogens is 1. The summed E-state index contributed by atoms with van der Waals surface area (Å²) in [4.78, 5) is 55.4. The summed E-state index contributed by atoms with van der Waals surface area (Å²) in [5.74, 6) is -1.70. The molecule has 0 atom stereocenters. The van der Waals surface area contributed by atoms with Gasteiger partial charge >= 0.3 is 17.6 Å². The summed E-state index contributed by atoms with van der Waals surface area (Å²) < 4.78 is 9.19. The second-order valence-electron chi connectivity index (χ2n) is 7.61. The van der Waals surface area contributed by atoms with Crippen LogP contribution in [0.15, 0.2) is 57.9 Å². The molecule has 0 aromatic heterocycles. The van der Waals surface area contributed by atoms with Gasteiger partial charge in [0.25, 0.3) is 5.69 Å². The molecule has 0 bridgehead atoms. The Kier molecular flexibility index (Phi) is 11.8. The van der Waals surface area contributed by atoms with Crippen molar-refractivity contribution >= 4 is 62.2 Å². The number of nitrogens with zero attached hydrogens (tertiary/aromatic N) is 4. The monoisotopic (exact) mass is 606 g/mol. The van der Waals surface area contributed by atoms with Gasteiger partial charge in [0, 0.05) is 19.5 Å². The Labute approximate surface area is 229 Å². The molecule has 0 aliphatic carbocycles. The predicted octanol–water partition coefficient (Wildman–Crippen LogP) is 4.39. The first-order valence-electron chi connectivity index (χ1n) is 11.1. The number of hydrogen-bond donors (Lipinski definition) is 2. The molecule has 2 aromatic carbocycles. The van der Waals surface area contributed by atoms with Crippen molar-refractivity contribution in [1.82, 2.24) is 5.32 Å². The number of nitrogens with one attached hydrogen (secondary N) is 2. The number of hydrogen-bond acceptors (Lipinski definition) is 12. The fourth-order valence-corrected chi connectivity index (χ4v) is 3.54. The van der Waals surface area contributed by atoms with Gasteiger partial charge in [-0.25, -0.2) is 4.79 Å². The number of anilines is 1. The third-order valence-electron chi connectivity index (χ3n) is 4.73. The van der Waals surface area contributed by atoms with Crippen molar-refractivity contribution < 1.29 is 33.7 Å². The third-order valence-corrected chi connectivity index (χ3v) is 5.33. The molecule has 15 nitrogen and oxygen atoms in total. The van der Waals surface area contributed by atoms with E-state index in [2.05, 4.69) is 48.1 Å². The van der Waals surface area contributed by atoms with Crippen LogP contribution in [0, 0.1) is 20.2 Å². The van der Waals surface area contributed by atoms with Crippen molar-refractivity contribution in [2.75, 3.05) is 25.0 Å². The number of benzene rings is 2. The number of esters is 2. The Morgan fingerprint density at radius 2 is 1.82 bits per heavy atom. The summed E-state index contributed by atoms with van der Waals surface area (Å²) in [6.45, 7) is 4.77. The van der Waals surface area contributed by atoms with Crippen LogP contribution >= 0.6 is 15.9 Å². The summed E-state index contributed by atoms with van der Waals surface area (Å²) in [6.07, 6.45) is 1.47. The topological polar surface area (TPSA) is 205 Å². The van der Waals surface area contributed by atoms with Gasteiger partial charge in [0.2, 0.25) is 5.91 Å². The maximum atomic E-state index is 11.7. The van der Waals surface area contributed by atoms with Gasteiger partial charge in [-0.05, 0) is 46.6 Å². The molecule has 0 radical (unpaired) electrons. The minimum absolute atomic E-state index is 0.00324. The Morgan fingerprint density at radius 3 is 2.46 bits per heavy atom. The van der Waals surface area contributed by atoms with Gasteiger partial charge in [-0.15, -0.1) is 10.2 Å². The van der Waals surface area contributed by atoms with Crippen molar-refractivity contribution in [3.63, 3.8) is 0 Å². The summed E-state index contributed by atoms with van der Waals surface area (Å²) in [5.41, 5.74) is -0.0662. The van der Waals surface area contributed by atoms with Gasteiger partial charge in [0.05, 0.1) is 38.8 Å². The highest BCUT2D eigenvalue weighted by atomic mass is 79.9. The minimum Gasteiger partial charge on any atom is -0.454 e. The van der Waals surface area contributed by atoms with Crippen molar-refractivity contribution in [2.45, 2.75) is 19.8 Å². The summed E-state index contributed by atoms with van der Waals surface area (Å²) in [6, 6.07) is 6.76. The number of carbonyl (C=O) groups excluding carboxylic acids is 3. The summed E-state index contributed by atoms with van der Waals surface area (Å²) >= 11 is 3.06. The molecule has 0 aliphatic heterocycles. The van der Waals surface area contributed by atoms with E-state index in [0.29, 0.717) is 25.2 Å². The first kappa shape index (κ1) is 30.7. The Bertz CT molecular complexity index is 1320. The molecule has 0 saturated heterocycles. The van der Waals surface area contributed by atoms with Crippen LogP contribution in [0.4, 0.5) is 28.4 Å². The molecule has 2 aromatic rings. The lowest BCUT2D eigenvalue weighted by Crippen LogP contribution is -2.23. The van der Waals surface area contributed by atoms with Gasteiger partial charge in [-0.3, -0.25) is 29.8 Å². The standard InChI is InChI=1S/C23H23BrN6O9/c1-3-38-22(33)13-39-21(32)7-9-25-8-6-15-4-5-18(19(10-15)26-14(2)31)27-28-23-17(24)11-16(29(34)35)12-20(23)30(36)37/h3-5,10-12,25H,1,6-9,13H2,2H3,(H,26,31). The maximum Gasteiger partial charge on any atom is 0.349 e. The second kappa shape index (κ2) is 15.0. The second-order valence-corrected chi connectivity index (χ2v) is 8.46. The zero-order chi connectivity index (χ0) is 28.9. The lowest BCUT2D eigenvalue weighted by Gasteiger charge is -2.10. The van der Waals surface area contributed by atoms with E-state index in [1.165, 1.54) is 6.92 Å². The SMILES string of the molecule is C=COC(=O)COC(=O)CCNCCc1ccc(N=Nc2c(Br)cc([N+](=O)[O-])cc2[N+](=O)[O-])c(NC(C)=O)c1. The Balaban J connectivity index is 2.07. The lowest BCUT2D eigenvalue weighted by molar-refractivity contribution is -0.393. The molecule has 0 unspecified atom stereocenters. The molecule has 2 rings (SSSR count). The molecule has 1 amide bonds. The molecule has 39 heavy (non-hydrogen) atoms. The molecule has 206 valence electrons. The van der Waals surface area contributed by atoms with Gasteiger partial charge in [0.15, 0.2) is 12.3 Å². The van der Waals surface area contributed by atoms with E-state index in [4.69, 9.17) is 4.74 Å². The molecular weight excluding hydrogens is 584 g/mol. The van der Waals surface area contributed by atoms with Crippen LogP contribution in [-0.4, -0.2) is 47.4 Å². The number of nitro benzene ring substituents is 2. The van der Waals surface area contributed by atoms with Crippen LogP contribution in [0.1, 0.15) is 18.9 Å². The number of non-ortho nitro benzene ring substituents is 1. The number of nitro groups is 2. The molecule has 0 fully saturated rings. The predicted molar refractivity (Wildman–Crippen MR) is 141 cm³/mol. The molecule has 0 aliphatic rings. The van der Waals surface area contributed by atoms with E-state index in [1.54, 1.807) is 18.2 Å². The zero-order valence-corrected chi connectivity index (χ0v) is 22.1. The average Bonchev–Trinajstić information content (AvgIpc) is 2.86. The minimum atomic E-state index is -0.812. The van der Waals surface area contributed by atoms with E-state index in [-0.39, 0.29) is 28.2 Å². The van der Waals surface area contributed by atoms with Crippen molar-refractivity contribution in [1.29, 1.82) is 0 Å². The van der Waals surface area contributed by atoms with Gasteiger partial charge in [-0.1, -0.05) is 12.6 Å². The number of carbonyl (C=O) groups is 3. The fraction of sp³-hybridized carbons (Fsp3) is 0.261. The fourth-order valence-electron chi connectivity index (χ4n) is 3.02.